The second kappa shape index (κ2) is 8.74. The van der Waals surface area contributed by atoms with Crippen LogP contribution in [0.3, 0.4) is 0 Å². The Hall–Kier alpha value is -1.00. The molecule has 0 aliphatic heterocycles. The van der Waals surface area contributed by atoms with Gasteiger partial charge in [0.1, 0.15) is 22.9 Å². The van der Waals surface area contributed by atoms with E-state index in [-0.39, 0.29) is 17.0 Å². The Kier molecular flexibility index (Phi) is 6.97. The molecule has 0 fully saturated rings. The lowest BCUT2D eigenvalue weighted by atomic mass is 10.4. The van der Waals surface area contributed by atoms with Gasteiger partial charge in [0.2, 0.25) is 0 Å². The van der Waals surface area contributed by atoms with E-state index in [4.69, 9.17) is 0 Å². The first-order chi connectivity index (χ1) is 10.9. The van der Waals surface area contributed by atoms with E-state index in [1.165, 1.54) is 22.1 Å². The highest BCUT2D eigenvalue weighted by molar-refractivity contribution is 8.93. The Labute approximate surface area is 152 Å². The zero-order valence-electron chi connectivity index (χ0n) is 13.2. The predicted molar refractivity (Wildman–Crippen MR) is 114 cm³/mol. The summed E-state index contributed by atoms with van der Waals surface area (Å²) in [5.74, 6) is 0. The Balaban J connectivity index is 0.00000192. The largest absolute Gasteiger partial charge is 0.127 e. The Morgan fingerprint density at radius 1 is 0.609 bits per heavy atom. The fraction of sp³-hybridized carbons (Fsp3) is 0.100. The molecule has 0 saturated heterocycles. The van der Waals surface area contributed by atoms with Crippen molar-refractivity contribution in [1.29, 1.82) is 0 Å². The average Bonchev–Trinajstić information content (AvgIpc) is 2.62. The molecule has 0 amide bonds. The third-order valence-electron chi connectivity index (χ3n) is 3.83. The molecule has 0 aliphatic rings. The summed E-state index contributed by atoms with van der Waals surface area (Å²) in [7, 11) is 0.920. The Morgan fingerprint density at radius 2 is 0.913 bits per heavy atom. The van der Waals surface area contributed by atoms with Gasteiger partial charge in [0.15, 0.2) is 0 Å². The molecule has 0 saturated carbocycles. The number of benzene rings is 3. The predicted octanol–water partition coefficient (Wildman–Crippen LogP) is 5.17. The number of hydrogen-bond acceptors (Lipinski definition) is 0. The van der Waals surface area contributed by atoms with Crippen LogP contribution >= 0.6 is 32.2 Å². The van der Waals surface area contributed by atoms with Gasteiger partial charge in [-0.05, 0) is 42.6 Å². The van der Waals surface area contributed by atoms with Crippen LogP contribution in [0.1, 0.15) is 6.92 Å². The molecule has 0 radical (unpaired) electrons. The lowest BCUT2D eigenvalue weighted by molar-refractivity contribution is 1.53. The number of hydrogen-bond donors (Lipinski definition) is 0. The molecule has 0 aromatic heterocycles. The maximum absolute atomic E-state index is 2.32. The normalized spacial score (nSPS) is 11.3. The van der Waals surface area contributed by atoms with E-state index in [9.17, 15) is 0 Å². The smallest absolute Gasteiger partial charge is 0.114 e. The minimum absolute atomic E-state index is 0. The number of rotatable bonds is 5. The summed E-state index contributed by atoms with van der Waals surface area (Å²) >= 11 is 0. The molecule has 0 aliphatic carbocycles. The highest BCUT2D eigenvalue weighted by Crippen LogP contribution is 2.70. The van der Waals surface area contributed by atoms with Gasteiger partial charge in [0.05, 0.1) is 8.27 Å². The van der Waals surface area contributed by atoms with E-state index in [0.717, 1.165) is 8.27 Å². The second-order valence-corrected chi connectivity index (χ2v) is 12.1. The van der Waals surface area contributed by atoms with Gasteiger partial charge in [0.25, 0.3) is 0 Å². The van der Waals surface area contributed by atoms with Crippen molar-refractivity contribution in [2.24, 2.45) is 0 Å². The summed E-state index contributed by atoms with van der Waals surface area (Å²) in [6.07, 6.45) is 1.21. The molecule has 1 unspecified atom stereocenters. The fourth-order valence-corrected chi connectivity index (χ4v) is 11.1. The van der Waals surface area contributed by atoms with E-state index >= 15 is 0 Å². The molecule has 0 spiro atoms. The molecule has 0 bridgehead atoms. The van der Waals surface area contributed by atoms with Crippen molar-refractivity contribution in [3.63, 3.8) is 0 Å². The first-order valence-electron chi connectivity index (χ1n) is 7.69. The van der Waals surface area contributed by atoms with Crippen molar-refractivity contribution in [3.8, 4) is 0 Å². The molecule has 3 rings (SSSR count). The van der Waals surface area contributed by atoms with Gasteiger partial charge in [-0.15, -0.1) is 17.0 Å². The van der Waals surface area contributed by atoms with Crippen molar-refractivity contribution < 1.29 is 0 Å². The van der Waals surface area contributed by atoms with Gasteiger partial charge in [-0.3, -0.25) is 0 Å². The van der Waals surface area contributed by atoms with E-state index in [1.807, 2.05) is 0 Å². The summed E-state index contributed by atoms with van der Waals surface area (Å²) < 4.78 is 0. The van der Waals surface area contributed by atoms with Crippen LogP contribution in [-0.4, -0.2) is 6.16 Å². The topological polar surface area (TPSA) is 0 Å². The van der Waals surface area contributed by atoms with Crippen LogP contribution in [0.4, 0.5) is 0 Å². The molecule has 23 heavy (non-hydrogen) atoms. The Bertz CT molecular complexity index is 603. The molecule has 118 valence electrons. The highest BCUT2D eigenvalue weighted by Gasteiger charge is 2.44. The summed E-state index contributed by atoms with van der Waals surface area (Å²) in [5, 5.41) is 4.48. The van der Waals surface area contributed by atoms with Crippen molar-refractivity contribution in [1.82, 2.24) is 0 Å². The fourth-order valence-electron chi connectivity index (χ4n) is 2.91. The van der Waals surface area contributed by atoms with Crippen LogP contribution in [0.25, 0.3) is 0 Å². The van der Waals surface area contributed by atoms with Gasteiger partial charge in [0, 0.05) is 0 Å². The summed E-state index contributed by atoms with van der Waals surface area (Å²) in [6.45, 7) is 0.782. The lowest BCUT2D eigenvalue weighted by Gasteiger charge is -2.26. The van der Waals surface area contributed by atoms with Gasteiger partial charge in [-0.2, -0.15) is 0 Å². The third-order valence-corrected chi connectivity index (χ3v) is 12.5. The molecular weight excluding hydrogens is 382 g/mol. The quantitative estimate of drug-likeness (QED) is 0.515. The second-order valence-electron chi connectivity index (χ2n) is 5.19. The Morgan fingerprint density at radius 3 is 1.17 bits per heavy atom. The minimum Gasteiger partial charge on any atom is -0.114 e. The molecule has 0 nitrogen and oxygen atoms in total. The van der Waals surface area contributed by atoms with Crippen LogP contribution in [0.2, 0.25) is 0 Å². The van der Waals surface area contributed by atoms with Crippen molar-refractivity contribution in [3.05, 3.63) is 91.0 Å². The summed E-state index contributed by atoms with van der Waals surface area (Å²) in [5.41, 5.74) is 0. The maximum Gasteiger partial charge on any atom is 0.127 e. The van der Waals surface area contributed by atoms with Gasteiger partial charge < -0.3 is 0 Å². The van der Waals surface area contributed by atoms with Crippen LogP contribution < -0.4 is 15.9 Å². The summed E-state index contributed by atoms with van der Waals surface area (Å²) in [6, 6.07) is 33.3. The molecule has 3 aromatic rings. The minimum atomic E-state index is -1.53. The number of halogens is 1. The van der Waals surface area contributed by atoms with E-state index in [0.29, 0.717) is 0 Å². The molecule has 3 heteroatoms. The lowest BCUT2D eigenvalue weighted by Crippen LogP contribution is -2.28. The van der Waals surface area contributed by atoms with Crippen molar-refractivity contribution in [2.75, 3.05) is 6.16 Å². The van der Waals surface area contributed by atoms with E-state index < -0.39 is 6.95 Å². The standard InChI is InChI=1S/C20H21P2.BrH/c1-2-21-22(18-12-6-3-7-13-18,19-14-8-4-9-15-19)20-16-10-5-11-17-20;/h3-17,21H,2H2,1H3;1H/q+1;. The third kappa shape index (κ3) is 3.74. The van der Waals surface area contributed by atoms with Crippen LogP contribution in [0, 0.1) is 0 Å². The van der Waals surface area contributed by atoms with E-state index in [1.54, 1.807) is 0 Å². The maximum atomic E-state index is 2.32. The molecule has 3 aromatic carbocycles. The van der Waals surface area contributed by atoms with Gasteiger partial charge in [-0.1, -0.05) is 61.5 Å². The SMILES string of the molecule is Br.CCP[P+](c1ccccc1)(c1ccccc1)c1ccccc1. The molecular formula is C20H22BrP2+. The average molecular weight is 404 g/mol. The van der Waals surface area contributed by atoms with Crippen LogP contribution in [-0.2, 0) is 0 Å². The van der Waals surface area contributed by atoms with Crippen molar-refractivity contribution >= 4 is 48.1 Å². The molecule has 0 heterocycles. The van der Waals surface area contributed by atoms with Crippen LogP contribution in [0.5, 0.6) is 0 Å². The molecule has 1 atom stereocenters. The van der Waals surface area contributed by atoms with Gasteiger partial charge >= 0.3 is 0 Å². The zero-order chi connectivity index (χ0) is 15.3. The first kappa shape index (κ1) is 18.3. The molecule has 0 N–H and O–H groups in total. The summed E-state index contributed by atoms with van der Waals surface area (Å²) in [4.78, 5) is 0. The highest BCUT2D eigenvalue weighted by atomic mass is 79.9. The first-order valence-corrected chi connectivity index (χ1v) is 11.5. The zero-order valence-corrected chi connectivity index (χ0v) is 16.8. The van der Waals surface area contributed by atoms with Crippen molar-refractivity contribution in [2.45, 2.75) is 6.92 Å². The monoisotopic (exact) mass is 403 g/mol. The van der Waals surface area contributed by atoms with E-state index in [2.05, 4.69) is 97.9 Å². The van der Waals surface area contributed by atoms with Gasteiger partial charge in [-0.25, -0.2) is 0 Å². The van der Waals surface area contributed by atoms with Crippen LogP contribution in [0.15, 0.2) is 91.0 Å².